The third kappa shape index (κ3) is 1.71. The Morgan fingerprint density at radius 2 is 2.89 bits per heavy atom. The van der Waals surface area contributed by atoms with Gasteiger partial charge in [0.25, 0.3) is 0 Å². The molecule has 1 atom stereocenters. The highest BCUT2D eigenvalue weighted by Gasteiger charge is 2.10. The summed E-state index contributed by atoms with van der Waals surface area (Å²) < 4.78 is 0. The Kier molecular flexibility index (Phi) is 2.06. The van der Waals surface area contributed by atoms with Gasteiger partial charge in [0.2, 0.25) is 0 Å². The lowest BCUT2D eigenvalue weighted by Crippen LogP contribution is -2.04. The monoisotopic (exact) mass is 128 g/mol. The first-order valence-electron chi connectivity index (χ1n) is 2.77. The van der Waals surface area contributed by atoms with E-state index in [2.05, 4.69) is 10.3 Å². The van der Waals surface area contributed by atoms with E-state index in [0.717, 1.165) is 6.42 Å². The van der Waals surface area contributed by atoms with Crippen LogP contribution in [0.4, 0.5) is 0 Å². The summed E-state index contributed by atoms with van der Waals surface area (Å²) in [5.74, 6) is 0. The quantitative estimate of drug-likeness (QED) is 0.336. The van der Waals surface area contributed by atoms with E-state index in [1.165, 1.54) is 6.21 Å². The van der Waals surface area contributed by atoms with E-state index in [1.54, 1.807) is 6.21 Å². The van der Waals surface area contributed by atoms with Gasteiger partial charge in [0.05, 0.1) is 0 Å². The van der Waals surface area contributed by atoms with Crippen LogP contribution in [-0.4, -0.2) is 23.7 Å². The van der Waals surface area contributed by atoms with Gasteiger partial charge in [-0.2, -0.15) is 0 Å². The molecule has 50 valence electrons. The molecule has 4 heteroatoms. The lowest BCUT2D eigenvalue weighted by atomic mass is 10.2. The summed E-state index contributed by atoms with van der Waals surface area (Å²) in [5, 5.41) is 14.4. The van der Waals surface area contributed by atoms with Gasteiger partial charge in [0.15, 0.2) is 0 Å². The van der Waals surface area contributed by atoms with E-state index >= 15 is 0 Å². The van der Waals surface area contributed by atoms with Crippen LogP contribution >= 0.6 is 0 Å². The molecule has 1 aliphatic rings. The zero-order chi connectivity index (χ0) is 6.53. The fourth-order valence-electron chi connectivity index (χ4n) is 0.637. The molecule has 0 bridgehead atoms. The highest BCUT2D eigenvalue weighted by atomic mass is 16.6. The Balaban J connectivity index is 2.14. The average Bonchev–Trinajstić information content (AvgIpc) is 2.34. The van der Waals surface area contributed by atoms with Gasteiger partial charge in [-0.15, -0.1) is 5.16 Å². The summed E-state index contributed by atoms with van der Waals surface area (Å²) in [4.78, 5) is 4.82. The summed E-state index contributed by atoms with van der Waals surface area (Å²) in [7, 11) is 0. The predicted octanol–water partition coefficient (Wildman–Crippen LogP) is 0.611. The predicted molar refractivity (Wildman–Crippen MR) is 32.9 cm³/mol. The van der Waals surface area contributed by atoms with Crippen molar-refractivity contribution in [3.8, 4) is 0 Å². The van der Waals surface area contributed by atoms with Gasteiger partial charge in [-0.25, -0.2) is 0 Å². The van der Waals surface area contributed by atoms with Crippen molar-refractivity contribution in [2.75, 3.05) is 0 Å². The van der Waals surface area contributed by atoms with Crippen molar-refractivity contribution in [3.63, 3.8) is 0 Å². The van der Waals surface area contributed by atoms with Gasteiger partial charge in [0.1, 0.15) is 6.10 Å². The molecule has 0 aromatic heterocycles. The number of rotatable bonds is 2. The topological polar surface area (TPSA) is 54.2 Å². The largest absolute Gasteiger partial charge is 0.411 e. The van der Waals surface area contributed by atoms with Gasteiger partial charge in [-0.05, 0) is 0 Å². The lowest BCUT2D eigenvalue weighted by Gasteiger charge is -2.00. The first-order valence-corrected chi connectivity index (χ1v) is 2.77. The molecule has 0 saturated carbocycles. The Labute approximate surface area is 52.8 Å². The molecule has 0 spiro atoms. The Morgan fingerprint density at radius 1 is 2.00 bits per heavy atom. The first-order chi connectivity index (χ1) is 4.43. The van der Waals surface area contributed by atoms with Crippen molar-refractivity contribution in [2.24, 2.45) is 10.3 Å². The molecule has 0 amide bonds. The molecule has 1 N–H and O–H groups in total. The van der Waals surface area contributed by atoms with E-state index < -0.39 is 0 Å². The Bertz CT molecular complexity index is 125. The fourth-order valence-corrected chi connectivity index (χ4v) is 0.637. The van der Waals surface area contributed by atoms with Crippen LogP contribution in [-0.2, 0) is 4.84 Å². The van der Waals surface area contributed by atoms with E-state index in [9.17, 15) is 0 Å². The summed E-state index contributed by atoms with van der Waals surface area (Å²) in [6, 6.07) is 0. The molecule has 9 heavy (non-hydrogen) atoms. The molecule has 0 aromatic rings. The van der Waals surface area contributed by atoms with Gasteiger partial charge in [0, 0.05) is 25.3 Å². The third-order valence-corrected chi connectivity index (χ3v) is 1.10. The number of hydrogen-bond donors (Lipinski definition) is 1. The molecule has 1 rings (SSSR count). The molecular formula is C5H8N2O2. The van der Waals surface area contributed by atoms with E-state index in [0.29, 0.717) is 6.42 Å². The zero-order valence-corrected chi connectivity index (χ0v) is 4.90. The van der Waals surface area contributed by atoms with Crippen molar-refractivity contribution in [1.29, 1.82) is 0 Å². The average molecular weight is 128 g/mol. The molecule has 0 aromatic carbocycles. The maximum atomic E-state index is 8.00. The minimum absolute atomic E-state index is 0.0842. The van der Waals surface area contributed by atoms with Gasteiger partial charge < -0.3 is 10.0 Å². The molecule has 4 nitrogen and oxygen atoms in total. The maximum absolute atomic E-state index is 8.00. The smallest absolute Gasteiger partial charge is 0.137 e. The van der Waals surface area contributed by atoms with Crippen LogP contribution in [0.2, 0.25) is 0 Å². The SMILES string of the molecule is ON=CCC1CC=NO1. The lowest BCUT2D eigenvalue weighted by molar-refractivity contribution is 0.0913. The zero-order valence-electron chi connectivity index (χ0n) is 4.90. The van der Waals surface area contributed by atoms with Gasteiger partial charge in [-0.3, -0.25) is 0 Å². The van der Waals surface area contributed by atoms with Gasteiger partial charge >= 0.3 is 0 Å². The molecular weight excluding hydrogens is 120 g/mol. The van der Waals surface area contributed by atoms with Crippen molar-refractivity contribution in [1.82, 2.24) is 0 Å². The highest BCUT2D eigenvalue weighted by Crippen LogP contribution is 2.06. The molecule has 0 fully saturated rings. The second-order valence-electron chi connectivity index (χ2n) is 1.78. The minimum Gasteiger partial charge on any atom is -0.411 e. The summed E-state index contributed by atoms with van der Waals surface area (Å²) in [6.45, 7) is 0. The molecule has 0 saturated heterocycles. The third-order valence-electron chi connectivity index (χ3n) is 1.10. The van der Waals surface area contributed by atoms with Gasteiger partial charge in [-0.1, -0.05) is 5.16 Å². The van der Waals surface area contributed by atoms with Crippen LogP contribution in [0.5, 0.6) is 0 Å². The first kappa shape index (κ1) is 6.07. The molecule has 1 heterocycles. The minimum atomic E-state index is 0.0842. The van der Waals surface area contributed by atoms with Crippen molar-refractivity contribution in [2.45, 2.75) is 18.9 Å². The highest BCUT2D eigenvalue weighted by molar-refractivity contribution is 5.62. The maximum Gasteiger partial charge on any atom is 0.137 e. The van der Waals surface area contributed by atoms with E-state index in [1.807, 2.05) is 0 Å². The van der Waals surface area contributed by atoms with Crippen LogP contribution in [0.3, 0.4) is 0 Å². The molecule has 1 unspecified atom stereocenters. The summed E-state index contributed by atoms with van der Waals surface area (Å²) in [6.07, 6.45) is 4.62. The van der Waals surface area contributed by atoms with E-state index in [-0.39, 0.29) is 6.10 Å². The Morgan fingerprint density at radius 3 is 3.44 bits per heavy atom. The van der Waals surface area contributed by atoms with Crippen LogP contribution in [0.25, 0.3) is 0 Å². The second-order valence-corrected chi connectivity index (χ2v) is 1.78. The fraction of sp³-hybridized carbons (Fsp3) is 0.600. The Hall–Kier alpha value is -1.06. The van der Waals surface area contributed by atoms with E-state index in [4.69, 9.17) is 10.0 Å². The molecule has 0 aliphatic carbocycles. The number of hydrogen-bond acceptors (Lipinski definition) is 4. The molecule has 1 aliphatic heterocycles. The van der Waals surface area contributed by atoms with Crippen molar-refractivity contribution >= 4 is 12.4 Å². The second kappa shape index (κ2) is 3.06. The van der Waals surface area contributed by atoms with Crippen molar-refractivity contribution in [3.05, 3.63) is 0 Å². The standard InChI is InChI=1S/C5H8N2O2/c8-6-3-1-5-2-4-7-9-5/h3-5,8H,1-2H2. The summed E-state index contributed by atoms with van der Waals surface area (Å²) in [5.41, 5.74) is 0. The number of nitrogens with zero attached hydrogens (tertiary/aromatic N) is 2. The van der Waals surface area contributed by atoms with Crippen LogP contribution in [0.1, 0.15) is 12.8 Å². The number of oxime groups is 2. The van der Waals surface area contributed by atoms with Crippen LogP contribution < -0.4 is 0 Å². The molecule has 0 radical (unpaired) electrons. The van der Waals surface area contributed by atoms with Crippen molar-refractivity contribution < 1.29 is 10.0 Å². The normalized spacial score (nSPS) is 25.1. The summed E-state index contributed by atoms with van der Waals surface area (Å²) >= 11 is 0. The van der Waals surface area contributed by atoms with Crippen LogP contribution in [0, 0.1) is 0 Å². The van der Waals surface area contributed by atoms with Crippen LogP contribution in [0.15, 0.2) is 10.3 Å².